The molecule has 0 saturated heterocycles. The molecule has 0 radical (unpaired) electrons. The summed E-state index contributed by atoms with van der Waals surface area (Å²) < 4.78 is 21.6. The minimum atomic E-state index is -0.679. The molecule has 0 aliphatic heterocycles. The number of nitro benzene ring substituents is 1. The van der Waals surface area contributed by atoms with E-state index in [4.69, 9.17) is 4.74 Å². The van der Waals surface area contributed by atoms with Crippen molar-refractivity contribution in [3.63, 3.8) is 0 Å². The highest BCUT2D eigenvalue weighted by molar-refractivity contribution is 6.01. The number of carbonyl (C=O) groups excluding carboxylic acids is 1. The average Bonchev–Trinajstić information content (AvgIpc) is 3.43. The fourth-order valence-electron chi connectivity index (χ4n) is 3.00. The molecule has 4 aromatic rings. The molecule has 1 amide bonds. The highest BCUT2D eigenvalue weighted by Gasteiger charge is 2.17. The largest absolute Gasteiger partial charge is 0.464 e. The first-order valence-corrected chi connectivity index (χ1v) is 9.74. The molecule has 2 heterocycles. The fourth-order valence-corrected chi connectivity index (χ4v) is 3.00. The number of rotatable bonds is 8. The van der Waals surface area contributed by atoms with Gasteiger partial charge < -0.3 is 4.74 Å². The highest BCUT2D eigenvalue weighted by atomic mass is 19.1. The molecular weight excluding hydrogens is 433 g/mol. The topological polar surface area (TPSA) is 130 Å². The Morgan fingerprint density at radius 1 is 1.18 bits per heavy atom. The summed E-state index contributed by atoms with van der Waals surface area (Å²) in [5, 5.41) is 21.9. The van der Waals surface area contributed by atoms with Crippen molar-refractivity contribution in [1.82, 2.24) is 24.5 Å². The number of hydrogen-bond donors (Lipinski definition) is 1. The number of anilines is 1. The van der Waals surface area contributed by atoms with E-state index < -0.39 is 16.6 Å². The van der Waals surface area contributed by atoms with Gasteiger partial charge in [0.25, 0.3) is 5.91 Å². The van der Waals surface area contributed by atoms with Crippen LogP contribution in [0.3, 0.4) is 0 Å². The van der Waals surface area contributed by atoms with Gasteiger partial charge in [-0.1, -0.05) is 24.3 Å². The number of nitrogens with zero attached hydrogens (tertiary/aromatic N) is 6. The zero-order valence-corrected chi connectivity index (χ0v) is 17.4. The molecule has 1 N–H and O–H groups in total. The van der Waals surface area contributed by atoms with Crippen LogP contribution in [0, 0.1) is 22.9 Å². The molecule has 0 aliphatic carbocycles. The maximum atomic E-state index is 13.4. The summed E-state index contributed by atoms with van der Waals surface area (Å²) in [7, 11) is 0. The number of ether oxygens (including phenoxy) is 1. The zero-order chi connectivity index (χ0) is 23.4. The molecule has 4 rings (SSSR count). The van der Waals surface area contributed by atoms with Gasteiger partial charge >= 0.3 is 5.69 Å². The molecule has 11 nitrogen and oxygen atoms in total. The van der Waals surface area contributed by atoms with Crippen LogP contribution in [0.15, 0.2) is 61.1 Å². The van der Waals surface area contributed by atoms with Crippen LogP contribution in [0.25, 0.3) is 0 Å². The molecule has 2 aromatic heterocycles. The standard InChI is InChI=1S/C21H18FN7O4/c1-14-4-2-3-5-15(14)11-28-12-23-21(26-28)24-20(30)17-8-9-27(25-17)13-33-19-10-16(22)6-7-18(19)29(31)32/h2-10,12H,11,13H2,1H3,(H,24,26,30). The minimum Gasteiger partial charge on any atom is -0.464 e. The summed E-state index contributed by atoms with van der Waals surface area (Å²) >= 11 is 0. The van der Waals surface area contributed by atoms with E-state index in [1.807, 2.05) is 31.2 Å². The van der Waals surface area contributed by atoms with Gasteiger partial charge in [0.15, 0.2) is 12.4 Å². The number of aryl methyl sites for hydroxylation is 1. The van der Waals surface area contributed by atoms with Gasteiger partial charge in [-0.25, -0.2) is 18.7 Å². The van der Waals surface area contributed by atoms with Gasteiger partial charge in [0.2, 0.25) is 11.7 Å². The van der Waals surface area contributed by atoms with Crippen molar-refractivity contribution in [3.8, 4) is 5.75 Å². The molecule has 0 saturated carbocycles. The molecule has 168 valence electrons. The van der Waals surface area contributed by atoms with E-state index in [1.165, 1.54) is 23.3 Å². The zero-order valence-electron chi connectivity index (χ0n) is 17.4. The Bertz CT molecular complexity index is 1320. The second-order valence-corrected chi connectivity index (χ2v) is 7.03. The van der Waals surface area contributed by atoms with Gasteiger partial charge in [-0.15, -0.1) is 5.10 Å². The third-order valence-electron chi connectivity index (χ3n) is 4.70. The second-order valence-electron chi connectivity index (χ2n) is 7.03. The molecular formula is C21H18FN7O4. The van der Waals surface area contributed by atoms with Gasteiger partial charge in [-0.3, -0.25) is 20.2 Å². The predicted octanol–water partition coefficient (Wildman–Crippen LogP) is 3.17. The minimum absolute atomic E-state index is 0.0580. The molecule has 33 heavy (non-hydrogen) atoms. The SMILES string of the molecule is Cc1ccccc1Cn1cnc(NC(=O)c2ccn(COc3cc(F)ccc3[N+](=O)[O-])n2)n1. The lowest BCUT2D eigenvalue weighted by Crippen LogP contribution is -2.15. The van der Waals surface area contributed by atoms with Crippen LogP contribution >= 0.6 is 0 Å². The Labute approximate surface area is 186 Å². The van der Waals surface area contributed by atoms with E-state index in [2.05, 4.69) is 20.5 Å². The van der Waals surface area contributed by atoms with Gasteiger partial charge in [0.05, 0.1) is 11.5 Å². The van der Waals surface area contributed by atoms with Crippen molar-refractivity contribution >= 4 is 17.5 Å². The predicted molar refractivity (Wildman–Crippen MR) is 114 cm³/mol. The Hall–Kier alpha value is -4.61. The third-order valence-corrected chi connectivity index (χ3v) is 4.70. The number of hydrogen-bond acceptors (Lipinski definition) is 7. The van der Waals surface area contributed by atoms with E-state index in [9.17, 15) is 19.3 Å². The second kappa shape index (κ2) is 9.26. The molecule has 12 heteroatoms. The first-order chi connectivity index (χ1) is 15.9. The molecule has 0 fully saturated rings. The summed E-state index contributed by atoms with van der Waals surface area (Å²) in [5.41, 5.74) is 1.88. The number of nitrogens with one attached hydrogen (secondary N) is 1. The van der Waals surface area contributed by atoms with E-state index in [1.54, 1.807) is 4.68 Å². The number of halogens is 1. The summed E-state index contributed by atoms with van der Waals surface area (Å²) in [4.78, 5) is 26.9. The maximum Gasteiger partial charge on any atom is 0.311 e. The lowest BCUT2D eigenvalue weighted by molar-refractivity contribution is -0.386. The van der Waals surface area contributed by atoms with Crippen molar-refractivity contribution in [2.45, 2.75) is 20.2 Å². The average molecular weight is 451 g/mol. The monoisotopic (exact) mass is 451 g/mol. The highest BCUT2D eigenvalue weighted by Crippen LogP contribution is 2.27. The Balaban J connectivity index is 1.37. The van der Waals surface area contributed by atoms with Gasteiger partial charge in [0.1, 0.15) is 12.1 Å². The quantitative estimate of drug-likeness (QED) is 0.322. The summed E-state index contributed by atoms with van der Waals surface area (Å²) in [6, 6.07) is 12.2. The molecule has 0 unspecified atom stereocenters. The van der Waals surface area contributed by atoms with E-state index in [0.717, 1.165) is 29.3 Å². The fraction of sp³-hybridized carbons (Fsp3) is 0.143. The number of aromatic nitrogens is 5. The molecule has 0 spiro atoms. The lowest BCUT2D eigenvalue weighted by atomic mass is 10.1. The van der Waals surface area contributed by atoms with Gasteiger partial charge in [-0.05, 0) is 30.2 Å². The third kappa shape index (κ3) is 5.18. The van der Waals surface area contributed by atoms with E-state index >= 15 is 0 Å². The number of benzene rings is 2. The van der Waals surface area contributed by atoms with Gasteiger partial charge in [0, 0.05) is 18.3 Å². The van der Waals surface area contributed by atoms with E-state index in [0.29, 0.717) is 6.54 Å². The van der Waals surface area contributed by atoms with Crippen LogP contribution < -0.4 is 10.1 Å². The van der Waals surface area contributed by atoms with Crippen LogP contribution in [0.5, 0.6) is 5.75 Å². The maximum absolute atomic E-state index is 13.4. The molecule has 0 bridgehead atoms. The number of carbonyl (C=O) groups is 1. The first-order valence-electron chi connectivity index (χ1n) is 9.74. The summed E-state index contributed by atoms with van der Waals surface area (Å²) in [5.74, 6) is -1.34. The van der Waals surface area contributed by atoms with Crippen molar-refractivity contribution in [1.29, 1.82) is 0 Å². The normalized spacial score (nSPS) is 10.7. The van der Waals surface area contributed by atoms with Crippen molar-refractivity contribution in [3.05, 3.63) is 93.8 Å². The van der Waals surface area contributed by atoms with Crippen LogP contribution in [-0.2, 0) is 13.3 Å². The van der Waals surface area contributed by atoms with Crippen molar-refractivity contribution < 1.29 is 18.8 Å². The lowest BCUT2D eigenvalue weighted by Gasteiger charge is -2.06. The Morgan fingerprint density at radius 3 is 2.79 bits per heavy atom. The Kier molecular flexibility index (Phi) is 6.06. The van der Waals surface area contributed by atoms with Crippen LogP contribution in [0.1, 0.15) is 21.6 Å². The van der Waals surface area contributed by atoms with Crippen molar-refractivity contribution in [2.75, 3.05) is 5.32 Å². The van der Waals surface area contributed by atoms with Crippen molar-refractivity contribution in [2.24, 2.45) is 0 Å². The summed E-state index contributed by atoms with van der Waals surface area (Å²) in [6.07, 6.45) is 2.96. The molecule has 0 aliphatic rings. The summed E-state index contributed by atoms with van der Waals surface area (Å²) in [6.45, 7) is 2.25. The first kappa shape index (κ1) is 21.6. The molecule has 0 atom stereocenters. The number of amides is 1. The van der Waals surface area contributed by atoms with Crippen LogP contribution in [0.2, 0.25) is 0 Å². The van der Waals surface area contributed by atoms with Crippen LogP contribution in [0.4, 0.5) is 16.0 Å². The Morgan fingerprint density at radius 2 is 2.00 bits per heavy atom. The molecule has 2 aromatic carbocycles. The van der Waals surface area contributed by atoms with E-state index in [-0.39, 0.29) is 29.8 Å². The van der Waals surface area contributed by atoms with Crippen LogP contribution in [-0.4, -0.2) is 35.4 Å². The number of nitro groups is 1. The van der Waals surface area contributed by atoms with Gasteiger partial charge in [-0.2, -0.15) is 5.10 Å². The smallest absolute Gasteiger partial charge is 0.311 e.